The summed E-state index contributed by atoms with van der Waals surface area (Å²) in [5.41, 5.74) is 0.909. The maximum atomic E-state index is 11.0. The molecule has 1 aliphatic rings. The Hall–Kier alpha value is -0.380. The Morgan fingerprint density at radius 2 is 2.21 bits per heavy atom. The van der Waals surface area contributed by atoms with E-state index in [9.17, 15) is 4.79 Å². The minimum Gasteiger partial charge on any atom is -0.339 e. The first-order chi connectivity index (χ1) is 6.66. The first-order valence-corrected chi connectivity index (χ1v) is 5.83. The number of amides is 1. The van der Waals surface area contributed by atoms with E-state index in [4.69, 9.17) is 23.2 Å². The summed E-state index contributed by atoms with van der Waals surface area (Å²) in [6.45, 7) is 0. The summed E-state index contributed by atoms with van der Waals surface area (Å²) in [7, 11) is 0. The van der Waals surface area contributed by atoms with Crippen LogP contribution in [-0.4, -0.2) is 11.7 Å². The summed E-state index contributed by atoms with van der Waals surface area (Å²) in [6.07, 6.45) is 0. The number of nitrogens with one attached hydrogen (secondary N) is 1. The summed E-state index contributed by atoms with van der Waals surface area (Å²) in [5, 5.41) is 3.99. The van der Waals surface area contributed by atoms with Crippen molar-refractivity contribution in [2.45, 2.75) is 5.37 Å². The lowest BCUT2D eigenvalue weighted by molar-refractivity contribution is -0.118. The smallest absolute Gasteiger partial charge is 0.231 e. The standard InChI is InChI=1S/C9H7Cl2NOS/c10-5-1-2-6(7(11)3-5)9-12-8(13)4-14-9/h1-3,9H,4H2,(H,12,13). The van der Waals surface area contributed by atoms with Crippen molar-refractivity contribution in [3.05, 3.63) is 33.8 Å². The molecule has 1 unspecified atom stereocenters. The molecule has 0 aliphatic carbocycles. The molecule has 0 aromatic heterocycles. The average Bonchev–Trinajstić information content (AvgIpc) is 2.51. The van der Waals surface area contributed by atoms with Gasteiger partial charge >= 0.3 is 0 Å². The van der Waals surface area contributed by atoms with Crippen LogP contribution < -0.4 is 5.32 Å². The number of halogens is 2. The molecular formula is C9H7Cl2NOS. The Kier molecular flexibility index (Phi) is 2.91. The molecule has 74 valence electrons. The second-order valence-electron chi connectivity index (χ2n) is 2.92. The molecule has 0 radical (unpaired) electrons. The van der Waals surface area contributed by atoms with Gasteiger partial charge in [0.05, 0.1) is 5.75 Å². The predicted molar refractivity (Wildman–Crippen MR) is 59.8 cm³/mol. The van der Waals surface area contributed by atoms with Crippen molar-refractivity contribution in [1.29, 1.82) is 0 Å². The fraction of sp³-hybridized carbons (Fsp3) is 0.222. The van der Waals surface area contributed by atoms with Gasteiger partial charge in [-0.25, -0.2) is 0 Å². The van der Waals surface area contributed by atoms with E-state index in [-0.39, 0.29) is 11.3 Å². The van der Waals surface area contributed by atoms with Gasteiger partial charge in [-0.15, -0.1) is 11.8 Å². The van der Waals surface area contributed by atoms with Gasteiger partial charge in [-0.3, -0.25) is 4.79 Å². The molecule has 0 bridgehead atoms. The second-order valence-corrected chi connectivity index (χ2v) is 4.86. The van der Waals surface area contributed by atoms with Crippen molar-refractivity contribution in [2.75, 3.05) is 5.75 Å². The van der Waals surface area contributed by atoms with Crippen molar-refractivity contribution in [1.82, 2.24) is 5.32 Å². The summed E-state index contributed by atoms with van der Waals surface area (Å²) >= 11 is 13.3. The molecule has 5 heteroatoms. The lowest BCUT2D eigenvalue weighted by atomic mass is 10.2. The normalized spacial score (nSPS) is 21.0. The third-order valence-electron chi connectivity index (χ3n) is 1.92. The van der Waals surface area contributed by atoms with Crippen LogP contribution in [-0.2, 0) is 4.79 Å². The quantitative estimate of drug-likeness (QED) is 0.827. The number of rotatable bonds is 1. The highest BCUT2D eigenvalue weighted by atomic mass is 35.5. The molecule has 1 saturated heterocycles. The predicted octanol–water partition coefficient (Wildman–Crippen LogP) is 2.86. The SMILES string of the molecule is O=C1CSC(c2ccc(Cl)cc2Cl)N1. The Labute approximate surface area is 96.0 Å². The van der Waals surface area contributed by atoms with E-state index in [2.05, 4.69) is 5.32 Å². The Morgan fingerprint density at radius 1 is 1.43 bits per heavy atom. The average molecular weight is 248 g/mol. The molecule has 1 aromatic carbocycles. The van der Waals surface area contributed by atoms with Gasteiger partial charge in [-0.1, -0.05) is 29.3 Å². The van der Waals surface area contributed by atoms with Crippen LogP contribution >= 0.6 is 35.0 Å². The van der Waals surface area contributed by atoms with Gasteiger partial charge in [0, 0.05) is 15.6 Å². The first kappa shape index (κ1) is 10.1. The molecule has 1 fully saturated rings. The van der Waals surface area contributed by atoms with Gasteiger partial charge in [0.2, 0.25) is 5.91 Å². The molecular weight excluding hydrogens is 241 g/mol. The van der Waals surface area contributed by atoms with E-state index in [1.54, 1.807) is 12.1 Å². The zero-order valence-corrected chi connectivity index (χ0v) is 9.42. The molecule has 2 rings (SSSR count). The maximum Gasteiger partial charge on any atom is 0.231 e. The van der Waals surface area contributed by atoms with Gasteiger partial charge in [0.1, 0.15) is 5.37 Å². The highest BCUT2D eigenvalue weighted by molar-refractivity contribution is 8.00. The minimum absolute atomic E-state index is 0.0349. The van der Waals surface area contributed by atoms with Crippen LogP contribution in [0.1, 0.15) is 10.9 Å². The lowest BCUT2D eigenvalue weighted by Crippen LogP contribution is -2.19. The number of hydrogen-bond acceptors (Lipinski definition) is 2. The van der Waals surface area contributed by atoms with E-state index >= 15 is 0 Å². The van der Waals surface area contributed by atoms with Gasteiger partial charge in [-0.2, -0.15) is 0 Å². The summed E-state index contributed by atoms with van der Waals surface area (Å²) in [5.74, 6) is 0.537. The van der Waals surface area contributed by atoms with Crippen molar-refractivity contribution in [2.24, 2.45) is 0 Å². The molecule has 1 heterocycles. The molecule has 0 saturated carbocycles. The molecule has 0 spiro atoms. The fourth-order valence-corrected chi connectivity index (χ4v) is 2.85. The maximum absolute atomic E-state index is 11.0. The Morgan fingerprint density at radius 3 is 2.79 bits per heavy atom. The van der Waals surface area contributed by atoms with Crippen LogP contribution in [0.5, 0.6) is 0 Å². The number of thioether (sulfide) groups is 1. The summed E-state index contributed by atoms with van der Waals surface area (Å²) in [6, 6.07) is 5.30. The molecule has 1 atom stereocenters. The first-order valence-electron chi connectivity index (χ1n) is 4.03. The third kappa shape index (κ3) is 2.00. The molecule has 1 N–H and O–H groups in total. The van der Waals surface area contributed by atoms with Crippen LogP contribution in [0, 0.1) is 0 Å². The zero-order chi connectivity index (χ0) is 10.1. The van der Waals surface area contributed by atoms with Gasteiger partial charge < -0.3 is 5.32 Å². The minimum atomic E-state index is -0.0349. The molecule has 2 nitrogen and oxygen atoms in total. The number of carbonyl (C=O) groups is 1. The third-order valence-corrected chi connectivity index (χ3v) is 3.61. The Balaban J connectivity index is 2.28. The van der Waals surface area contributed by atoms with Crippen molar-refractivity contribution < 1.29 is 4.79 Å². The van der Waals surface area contributed by atoms with Gasteiger partial charge in [-0.05, 0) is 12.1 Å². The van der Waals surface area contributed by atoms with E-state index in [1.807, 2.05) is 6.07 Å². The molecule has 1 amide bonds. The van der Waals surface area contributed by atoms with Crippen molar-refractivity contribution in [3.63, 3.8) is 0 Å². The second kappa shape index (κ2) is 4.01. The zero-order valence-electron chi connectivity index (χ0n) is 7.09. The van der Waals surface area contributed by atoms with E-state index < -0.39 is 0 Å². The topological polar surface area (TPSA) is 29.1 Å². The van der Waals surface area contributed by atoms with Crippen molar-refractivity contribution in [3.8, 4) is 0 Å². The monoisotopic (exact) mass is 247 g/mol. The van der Waals surface area contributed by atoms with E-state index in [0.29, 0.717) is 15.8 Å². The summed E-state index contributed by atoms with van der Waals surface area (Å²) in [4.78, 5) is 11.0. The number of hydrogen-bond donors (Lipinski definition) is 1. The number of benzene rings is 1. The van der Waals surface area contributed by atoms with E-state index in [0.717, 1.165) is 5.56 Å². The molecule has 14 heavy (non-hydrogen) atoms. The summed E-state index contributed by atoms with van der Waals surface area (Å²) < 4.78 is 0. The lowest BCUT2D eigenvalue weighted by Gasteiger charge is -2.11. The molecule has 1 aliphatic heterocycles. The van der Waals surface area contributed by atoms with Crippen LogP contribution in [0.4, 0.5) is 0 Å². The van der Waals surface area contributed by atoms with Crippen LogP contribution in [0.15, 0.2) is 18.2 Å². The fourth-order valence-electron chi connectivity index (χ4n) is 1.27. The Bertz CT molecular complexity index is 383. The van der Waals surface area contributed by atoms with Gasteiger partial charge in [0.25, 0.3) is 0 Å². The van der Waals surface area contributed by atoms with Crippen LogP contribution in [0.2, 0.25) is 10.0 Å². The van der Waals surface area contributed by atoms with E-state index in [1.165, 1.54) is 11.8 Å². The van der Waals surface area contributed by atoms with Crippen LogP contribution in [0.25, 0.3) is 0 Å². The largest absolute Gasteiger partial charge is 0.339 e. The highest BCUT2D eigenvalue weighted by Crippen LogP contribution is 2.35. The van der Waals surface area contributed by atoms with Gasteiger partial charge in [0.15, 0.2) is 0 Å². The molecule has 1 aromatic rings. The number of carbonyl (C=O) groups excluding carboxylic acids is 1. The van der Waals surface area contributed by atoms with Crippen molar-refractivity contribution >= 4 is 40.9 Å². The highest BCUT2D eigenvalue weighted by Gasteiger charge is 2.24. The van der Waals surface area contributed by atoms with Crippen LogP contribution in [0.3, 0.4) is 0 Å².